The van der Waals surface area contributed by atoms with Gasteiger partial charge in [-0.1, -0.05) is 12.1 Å². The van der Waals surface area contributed by atoms with E-state index in [-0.39, 0.29) is 11.6 Å². The molecule has 0 bridgehead atoms. The lowest BCUT2D eigenvalue weighted by atomic mass is 10.1. The molecule has 3 rings (SSSR count). The molecule has 1 unspecified atom stereocenters. The van der Waals surface area contributed by atoms with Crippen LogP contribution >= 0.6 is 0 Å². The topological polar surface area (TPSA) is 96.7 Å². The smallest absolute Gasteiger partial charge is 0.251 e. The maximum Gasteiger partial charge on any atom is 0.251 e. The molecule has 25 heavy (non-hydrogen) atoms. The van der Waals surface area contributed by atoms with Gasteiger partial charge in [0.15, 0.2) is 0 Å². The Labute approximate surface area is 145 Å². The van der Waals surface area contributed by atoms with E-state index in [2.05, 4.69) is 25.4 Å². The summed E-state index contributed by atoms with van der Waals surface area (Å²) < 4.78 is 5.21. The Morgan fingerprint density at radius 3 is 2.72 bits per heavy atom. The molecular weight excluding hydrogens is 318 g/mol. The summed E-state index contributed by atoms with van der Waals surface area (Å²) in [6.07, 6.45) is 2.40. The molecule has 130 valence electrons. The van der Waals surface area contributed by atoms with E-state index in [1.165, 1.54) is 6.07 Å². The van der Waals surface area contributed by atoms with Crippen LogP contribution in [0.1, 0.15) is 42.6 Å². The van der Waals surface area contributed by atoms with Gasteiger partial charge < -0.3 is 14.8 Å². The van der Waals surface area contributed by atoms with Crippen LogP contribution < -0.4 is 10.9 Å². The zero-order chi connectivity index (χ0) is 18.0. The summed E-state index contributed by atoms with van der Waals surface area (Å²) in [7, 11) is 0. The number of rotatable bonds is 5. The highest BCUT2D eigenvalue weighted by Crippen LogP contribution is 2.24. The maximum absolute atomic E-state index is 11.7. The Bertz CT molecular complexity index is 908. The minimum absolute atomic E-state index is 0.0194. The molecule has 0 saturated carbocycles. The van der Waals surface area contributed by atoms with Gasteiger partial charge in [-0.05, 0) is 39.3 Å². The molecular formula is C18H21N5O2. The van der Waals surface area contributed by atoms with E-state index in [4.69, 9.17) is 4.52 Å². The minimum Gasteiger partial charge on any atom is -0.363 e. The van der Waals surface area contributed by atoms with E-state index in [1.54, 1.807) is 6.20 Å². The third-order valence-electron chi connectivity index (χ3n) is 4.08. The average molecular weight is 339 g/mol. The SMILES string of the molecule is CCc1cc(=O)[nH]c(-c2ccc(NC(C)c3c(C)noc3C)nc2)n1. The van der Waals surface area contributed by atoms with E-state index in [1.807, 2.05) is 39.8 Å². The fraction of sp³-hybridized carbons (Fsp3) is 0.333. The Kier molecular flexibility index (Phi) is 4.65. The van der Waals surface area contributed by atoms with Crippen LogP contribution in [0.5, 0.6) is 0 Å². The minimum atomic E-state index is -0.156. The number of nitrogens with one attached hydrogen (secondary N) is 2. The Hall–Kier alpha value is -2.96. The number of pyridine rings is 1. The molecule has 7 nitrogen and oxygen atoms in total. The third-order valence-corrected chi connectivity index (χ3v) is 4.08. The van der Waals surface area contributed by atoms with Crippen molar-refractivity contribution in [1.29, 1.82) is 0 Å². The van der Waals surface area contributed by atoms with Crippen molar-refractivity contribution >= 4 is 5.82 Å². The number of aromatic amines is 1. The van der Waals surface area contributed by atoms with Crippen molar-refractivity contribution < 1.29 is 4.52 Å². The van der Waals surface area contributed by atoms with Gasteiger partial charge >= 0.3 is 0 Å². The van der Waals surface area contributed by atoms with E-state index in [9.17, 15) is 4.79 Å². The van der Waals surface area contributed by atoms with Crippen LogP contribution in [0.3, 0.4) is 0 Å². The number of aryl methyl sites for hydroxylation is 3. The van der Waals surface area contributed by atoms with Crippen LogP contribution in [0.15, 0.2) is 33.7 Å². The second-order valence-electron chi connectivity index (χ2n) is 5.97. The van der Waals surface area contributed by atoms with Gasteiger partial charge in [0.05, 0.1) is 11.7 Å². The molecule has 0 aliphatic carbocycles. The van der Waals surface area contributed by atoms with Crippen molar-refractivity contribution in [3.8, 4) is 11.4 Å². The fourth-order valence-electron chi connectivity index (χ4n) is 2.85. The van der Waals surface area contributed by atoms with Crippen LogP contribution in [0.2, 0.25) is 0 Å². The number of aromatic nitrogens is 4. The molecule has 7 heteroatoms. The van der Waals surface area contributed by atoms with Gasteiger partial charge in [-0.15, -0.1) is 0 Å². The molecule has 0 aliphatic rings. The molecule has 3 aromatic rings. The lowest BCUT2D eigenvalue weighted by Gasteiger charge is -2.14. The van der Waals surface area contributed by atoms with Crippen molar-refractivity contribution in [1.82, 2.24) is 20.1 Å². The summed E-state index contributed by atoms with van der Waals surface area (Å²) in [6, 6.07) is 5.28. The van der Waals surface area contributed by atoms with Crippen molar-refractivity contribution in [3.05, 3.63) is 57.5 Å². The number of hydrogen-bond acceptors (Lipinski definition) is 6. The summed E-state index contributed by atoms with van der Waals surface area (Å²) in [5.41, 5.74) is 3.27. The van der Waals surface area contributed by atoms with Crippen LogP contribution in [0.4, 0.5) is 5.82 Å². The van der Waals surface area contributed by atoms with Gasteiger partial charge in [0.1, 0.15) is 17.4 Å². The summed E-state index contributed by atoms with van der Waals surface area (Å²) in [6.45, 7) is 7.81. The van der Waals surface area contributed by atoms with Crippen LogP contribution in [0, 0.1) is 13.8 Å². The van der Waals surface area contributed by atoms with Crippen molar-refractivity contribution in [2.45, 2.75) is 40.2 Å². The van der Waals surface area contributed by atoms with Crippen molar-refractivity contribution in [2.24, 2.45) is 0 Å². The third kappa shape index (κ3) is 3.60. The first-order valence-electron chi connectivity index (χ1n) is 8.24. The van der Waals surface area contributed by atoms with Gasteiger partial charge in [-0.25, -0.2) is 9.97 Å². The van der Waals surface area contributed by atoms with Gasteiger partial charge in [0, 0.05) is 29.1 Å². The Morgan fingerprint density at radius 2 is 2.12 bits per heavy atom. The lowest BCUT2D eigenvalue weighted by Crippen LogP contribution is -2.11. The summed E-state index contributed by atoms with van der Waals surface area (Å²) in [4.78, 5) is 23.3. The average Bonchev–Trinajstić information content (AvgIpc) is 2.93. The molecule has 3 heterocycles. The van der Waals surface area contributed by atoms with Crippen LogP contribution in [-0.2, 0) is 6.42 Å². The van der Waals surface area contributed by atoms with Crippen molar-refractivity contribution in [2.75, 3.05) is 5.32 Å². The van der Waals surface area contributed by atoms with E-state index < -0.39 is 0 Å². The first-order valence-corrected chi connectivity index (χ1v) is 8.24. The zero-order valence-corrected chi connectivity index (χ0v) is 14.8. The molecule has 0 radical (unpaired) electrons. The molecule has 0 amide bonds. The maximum atomic E-state index is 11.7. The number of H-pyrrole nitrogens is 1. The molecule has 2 N–H and O–H groups in total. The van der Waals surface area contributed by atoms with E-state index in [0.717, 1.165) is 34.1 Å². The molecule has 1 atom stereocenters. The highest BCUT2D eigenvalue weighted by molar-refractivity contribution is 5.56. The van der Waals surface area contributed by atoms with Crippen molar-refractivity contribution in [3.63, 3.8) is 0 Å². The second kappa shape index (κ2) is 6.88. The molecule has 0 aliphatic heterocycles. The molecule has 0 saturated heterocycles. The molecule has 3 aromatic heterocycles. The Morgan fingerprint density at radius 1 is 1.32 bits per heavy atom. The lowest BCUT2D eigenvalue weighted by molar-refractivity contribution is 0.392. The highest BCUT2D eigenvalue weighted by atomic mass is 16.5. The molecule has 0 fully saturated rings. The number of anilines is 1. The molecule has 0 spiro atoms. The van der Waals surface area contributed by atoms with Gasteiger partial charge in [0.25, 0.3) is 5.56 Å². The number of nitrogens with zero attached hydrogens (tertiary/aromatic N) is 3. The monoisotopic (exact) mass is 339 g/mol. The summed E-state index contributed by atoms with van der Waals surface area (Å²) >= 11 is 0. The first kappa shape index (κ1) is 16.9. The standard InChI is InChI=1S/C18H21N5O2/c1-5-14-8-16(24)22-18(21-14)13-6-7-15(19-9-13)20-10(2)17-11(3)23-25-12(17)4/h6-10H,5H2,1-4H3,(H,19,20)(H,21,22,24). The van der Waals surface area contributed by atoms with E-state index in [0.29, 0.717) is 12.2 Å². The van der Waals surface area contributed by atoms with E-state index >= 15 is 0 Å². The predicted molar refractivity (Wildman–Crippen MR) is 95.5 cm³/mol. The first-order chi connectivity index (χ1) is 12.0. The number of hydrogen-bond donors (Lipinski definition) is 2. The zero-order valence-electron chi connectivity index (χ0n) is 14.8. The summed E-state index contributed by atoms with van der Waals surface area (Å²) in [5.74, 6) is 2.06. The molecule has 0 aromatic carbocycles. The Balaban J connectivity index is 1.81. The van der Waals surface area contributed by atoms with Gasteiger partial charge in [0.2, 0.25) is 0 Å². The summed E-state index contributed by atoms with van der Waals surface area (Å²) in [5, 5.41) is 7.31. The fourth-order valence-corrected chi connectivity index (χ4v) is 2.85. The van der Waals surface area contributed by atoms with Crippen LogP contribution in [0.25, 0.3) is 11.4 Å². The largest absolute Gasteiger partial charge is 0.363 e. The van der Waals surface area contributed by atoms with Gasteiger partial charge in [-0.3, -0.25) is 4.79 Å². The second-order valence-corrected chi connectivity index (χ2v) is 5.97. The normalized spacial score (nSPS) is 12.2. The van der Waals surface area contributed by atoms with Gasteiger partial charge in [-0.2, -0.15) is 0 Å². The van der Waals surface area contributed by atoms with Crippen LogP contribution in [-0.4, -0.2) is 20.1 Å². The quantitative estimate of drug-likeness (QED) is 0.741. The highest BCUT2D eigenvalue weighted by Gasteiger charge is 2.16. The predicted octanol–water partition coefficient (Wildman–Crippen LogP) is 3.17.